The molecular formula is C24H17ClFN3S. The molecule has 3 nitrogen and oxygen atoms in total. The van der Waals surface area contributed by atoms with Crippen LogP contribution in [0.2, 0.25) is 5.02 Å². The van der Waals surface area contributed by atoms with E-state index >= 15 is 0 Å². The lowest BCUT2D eigenvalue weighted by Gasteiger charge is -2.02. The number of thiazole rings is 1. The molecule has 5 rings (SSSR count). The first-order valence-electron chi connectivity index (χ1n) is 9.61. The number of aromatic nitrogens is 3. The minimum Gasteiger partial charge on any atom is -0.354 e. The number of pyridine rings is 1. The third-order valence-electron chi connectivity index (χ3n) is 5.05. The number of nitrogens with zero attached hydrogens (tertiary/aromatic N) is 2. The number of aryl methyl sites for hydroxylation is 1. The molecular weight excluding hydrogens is 417 g/mol. The number of benzene rings is 2. The highest BCUT2D eigenvalue weighted by Gasteiger charge is 2.16. The van der Waals surface area contributed by atoms with E-state index in [0.29, 0.717) is 16.3 Å². The summed E-state index contributed by atoms with van der Waals surface area (Å²) in [6.45, 7) is 2.14. The van der Waals surface area contributed by atoms with Crippen molar-refractivity contribution in [2.45, 2.75) is 13.3 Å². The standard InChI is InChI=1S/C24H17ClFN3S/c1-2-21-23(29-24(30-21)15-5-4-10-27-13-15)14-8-9-19-16(11-14)12-20(28-19)22-17(25)6-3-7-18(22)26/h3-13,28H,2H2,1H3. The van der Waals surface area contributed by atoms with Gasteiger partial charge in [-0.1, -0.05) is 30.7 Å². The number of hydrogen-bond acceptors (Lipinski definition) is 3. The van der Waals surface area contributed by atoms with Gasteiger partial charge in [-0.3, -0.25) is 4.98 Å². The molecule has 0 bridgehead atoms. The van der Waals surface area contributed by atoms with Gasteiger partial charge in [0, 0.05) is 39.3 Å². The van der Waals surface area contributed by atoms with Gasteiger partial charge in [0.2, 0.25) is 0 Å². The second kappa shape index (κ2) is 7.67. The fraction of sp³-hybridized carbons (Fsp3) is 0.0833. The predicted molar refractivity (Wildman–Crippen MR) is 122 cm³/mol. The number of fused-ring (bicyclic) bond motifs is 1. The maximum Gasteiger partial charge on any atom is 0.134 e. The van der Waals surface area contributed by atoms with Crippen LogP contribution in [0.3, 0.4) is 0 Å². The number of aromatic amines is 1. The zero-order chi connectivity index (χ0) is 20.7. The van der Waals surface area contributed by atoms with Crippen molar-refractivity contribution < 1.29 is 4.39 Å². The molecule has 0 unspecified atom stereocenters. The zero-order valence-electron chi connectivity index (χ0n) is 16.1. The molecule has 0 radical (unpaired) electrons. The van der Waals surface area contributed by atoms with Gasteiger partial charge in [0.15, 0.2) is 0 Å². The summed E-state index contributed by atoms with van der Waals surface area (Å²) in [4.78, 5) is 13.6. The van der Waals surface area contributed by atoms with Crippen molar-refractivity contribution in [2.75, 3.05) is 0 Å². The van der Waals surface area contributed by atoms with Crippen LogP contribution in [0.4, 0.5) is 4.39 Å². The topological polar surface area (TPSA) is 41.6 Å². The smallest absolute Gasteiger partial charge is 0.134 e. The van der Waals surface area contributed by atoms with Crippen LogP contribution < -0.4 is 0 Å². The summed E-state index contributed by atoms with van der Waals surface area (Å²) in [5, 5.41) is 2.33. The van der Waals surface area contributed by atoms with E-state index in [-0.39, 0.29) is 5.82 Å². The van der Waals surface area contributed by atoms with Crippen molar-refractivity contribution in [3.8, 4) is 33.1 Å². The lowest BCUT2D eigenvalue weighted by Crippen LogP contribution is -1.85. The minimum atomic E-state index is -0.344. The van der Waals surface area contributed by atoms with Gasteiger partial charge in [-0.2, -0.15) is 0 Å². The Balaban J connectivity index is 1.60. The fourth-order valence-electron chi connectivity index (χ4n) is 3.60. The third kappa shape index (κ3) is 3.30. The minimum absolute atomic E-state index is 0.344. The molecule has 0 atom stereocenters. The van der Waals surface area contributed by atoms with Crippen molar-refractivity contribution in [1.29, 1.82) is 0 Å². The zero-order valence-corrected chi connectivity index (χ0v) is 17.7. The van der Waals surface area contributed by atoms with Gasteiger partial charge in [0.1, 0.15) is 10.8 Å². The second-order valence-corrected chi connectivity index (χ2v) is 8.46. The van der Waals surface area contributed by atoms with E-state index in [0.717, 1.165) is 39.2 Å². The molecule has 0 spiro atoms. The molecule has 0 fully saturated rings. The third-order valence-corrected chi connectivity index (χ3v) is 6.62. The van der Waals surface area contributed by atoms with Gasteiger partial charge in [-0.15, -0.1) is 11.3 Å². The average molecular weight is 434 g/mol. The molecule has 3 heterocycles. The van der Waals surface area contributed by atoms with E-state index in [1.807, 2.05) is 36.5 Å². The monoisotopic (exact) mass is 433 g/mol. The van der Waals surface area contributed by atoms with E-state index in [2.05, 4.69) is 23.0 Å². The van der Waals surface area contributed by atoms with Crippen LogP contribution in [0.1, 0.15) is 11.8 Å². The normalized spacial score (nSPS) is 11.3. The van der Waals surface area contributed by atoms with Crippen LogP contribution >= 0.6 is 22.9 Å². The van der Waals surface area contributed by atoms with E-state index in [1.165, 1.54) is 10.9 Å². The molecule has 0 aliphatic heterocycles. The summed E-state index contributed by atoms with van der Waals surface area (Å²) in [6, 6.07) is 16.7. The summed E-state index contributed by atoms with van der Waals surface area (Å²) in [5.74, 6) is -0.344. The summed E-state index contributed by atoms with van der Waals surface area (Å²) in [5.41, 5.74) is 5.01. The van der Waals surface area contributed by atoms with Crippen molar-refractivity contribution in [3.05, 3.63) is 82.7 Å². The summed E-state index contributed by atoms with van der Waals surface area (Å²) >= 11 is 7.94. The average Bonchev–Trinajstić information content (AvgIpc) is 3.38. The van der Waals surface area contributed by atoms with Gasteiger partial charge < -0.3 is 4.98 Å². The molecule has 0 aliphatic rings. The van der Waals surface area contributed by atoms with Crippen LogP contribution in [0.15, 0.2) is 67.0 Å². The van der Waals surface area contributed by atoms with Crippen LogP contribution in [0, 0.1) is 5.82 Å². The molecule has 5 aromatic rings. The van der Waals surface area contributed by atoms with Gasteiger partial charge in [0.05, 0.1) is 22.0 Å². The molecule has 1 N–H and O–H groups in total. The molecule has 2 aromatic carbocycles. The van der Waals surface area contributed by atoms with E-state index < -0.39 is 0 Å². The Hall–Kier alpha value is -3.02. The van der Waals surface area contributed by atoms with Crippen molar-refractivity contribution in [2.24, 2.45) is 0 Å². The first-order valence-corrected chi connectivity index (χ1v) is 10.8. The van der Waals surface area contributed by atoms with Gasteiger partial charge in [-0.25, -0.2) is 9.37 Å². The molecule has 3 aromatic heterocycles. The van der Waals surface area contributed by atoms with Crippen LogP contribution in [0.25, 0.3) is 44.0 Å². The Morgan fingerprint density at radius 1 is 1.07 bits per heavy atom. The first kappa shape index (κ1) is 19.0. The van der Waals surface area contributed by atoms with Crippen molar-refractivity contribution in [1.82, 2.24) is 15.0 Å². The Bertz CT molecular complexity index is 1340. The molecule has 0 aliphatic carbocycles. The SMILES string of the molecule is CCc1sc(-c2cccnc2)nc1-c1ccc2[nH]c(-c3c(F)cccc3Cl)cc2c1. The maximum atomic E-state index is 14.4. The molecule has 30 heavy (non-hydrogen) atoms. The van der Waals surface area contributed by atoms with Gasteiger partial charge in [-0.05, 0) is 48.9 Å². The van der Waals surface area contributed by atoms with Crippen LogP contribution in [0.5, 0.6) is 0 Å². The van der Waals surface area contributed by atoms with Crippen LogP contribution in [-0.2, 0) is 6.42 Å². The van der Waals surface area contributed by atoms with E-state index in [9.17, 15) is 4.39 Å². The Morgan fingerprint density at radius 2 is 1.97 bits per heavy atom. The largest absolute Gasteiger partial charge is 0.354 e. The number of halogens is 2. The summed E-state index contributed by atoms with van der Waals surface area (Å²) < 4.78 is 14.4. The van der Waals surface area contributed by atoms with E-state index in [1.54, 1.807) is 29.7 Å². The Morgan fingerprint density at radius 3 is 2.73 bits per heavy atom. The van der Waals surface area contributed by atoms with Gasteiger partial charge >= 0.3 is 0 Å². The van der Waals surface area contributed by atoms with Gasteiger partial charge in [0.25, 0.3) is 0 Å². The van der Waals surface area contributed by atoms with Crippen LogP contribution in [-0.4, -0.2) is 15.0 Å². The molecule has 0 amide bonds. The Labute approximate surface area is 182 Å². The van der Waals surface area contributed by atoms with Crippen molar-refractivity contribution >= 4 is 33.8 Å². The summed E-state index contributed by atoms with van der Waals surface area (Å²) in [7, 11) is 0. The number of nitrogens with one attached hydrogen (secondary N) is 1. The van der Waals surface area contributed by atoms with E-state index in [4.69, 9.17) is 16.6 Å². The maximum absolute atomic E-state index is 14.4. The lowest BCUT2D eigenvalue weighted by molar-refractivity contribution is 0.631. The number of rotatable bonds is 4. The predicted octanol–water partition coefficient (Wildman–Crippen LogP) is 7.38. The summed E-state index contributed by atoms with van der Waals surface area (Å²) in [6.07, 6.45) is 4.49. The Kier molecular flexibility index (Phi) is 4.85. The lowest BCUT2D eigenvalue weighted by atomic mass is 10.1. The highest BCUT2D eigenvalue weighted by atomic mass is 35.5. The number of H-pyrrole nitrogens is 1. The molecule has 148 valence electrons. The molecule has 0 saturated carbocycles. The first-order chi connectivity index (χ1) is 14.6. The highest BCUT2D eigenvalue weighted by Crippen LogP contribution is 2.37. The molecule has 6 heteroatoms. The fourth-order valence-corrected chi connectivity index (χ4v) is 4.88. The number of hydrogen-bond donors (Lipinski definition) is 1. The van der Waals surface area contributed by atoms with Crippen molar-refractivity contribution in [3.63, 3.8) is 0 Å². The highest BCUT2D eigenvalue weighted by molar-refractivity contribution is 7.15. The second-order valence-electron chi connectivity index (χ2n) is 6.97. The quantitative estimate of drug-likeness (QED) is 0.321. The molecule has 0 saturated heterocycles.